The van der Waals surface area contributed by atoms with Gasteiger partial charge in [0.05, 0.1) is 6.61 Å². The van der Waals surface area contributed by atoms with Gasteiger partial charge in [-0.1, -0.05) is 12.2 Å². The average Bonchev–Trinajstić information content (AvgIpc) is 2.78. The summed E-state index contributed by atoms with van der Waals surface area (Å²) in [4.78, 5) is 0. The van der Waals surface area contributed by atoms with E-state index in [1.165, 1.54) is 12.8 Å². The summed E-state index contributed by atoms with van der Waals surface area (Å²) < 4.78 is 10.8. The van der Waals surface area contributed by atoms with Crippen molar-refractivity contribution in [3.05, 3.63) is 12.2 Å². The highest BCUT2D eigenvalue weighted by Gasteiger charge is 2.46. The first-order valence-corrected chi connectivity index (χ1v) is 5.18. The number of hydrogen-bond donors (Lipinski definition) is 0. The van der Waals surface area contributed by atoms with Crippen LogP contribution < -0.4 is 0 Å². The Hall–Kier alpha value is -0.340. The predicted octanol–water partition coefficient (Wildman–Crippen LogP) is 2.35. The van der Waals surface area contributed by atoms with E-state index in [2.05, 4.69) is 12.2 Å². The number of ether oxygens (including phenoxy) is 2. The lowest BCUT2D eigenvalue weighted by Crippen LogP contribution is -2.31. The molecule has 1 saturated carbocycles. The standard InChI is InChI=1S/C11H18O2/c1-3-12-9(2)13-8-10-6-11(7-10)4-5-11/h4-5,9-10H,3,6-8H2,1-2H3/t9-/m1/s1. The molecule has 0 aromatic rings. The average molecular weight is 182 g/mol. The van der Waals surface area contributed by atoms with Gasteiger partial charge in [-0.25, -0.2) is 0 Å². The molecule has 74 valence electrons. The zero-order valence-electron chi connectivity index (χ0n) is 8.45. The third-order valence-electron chi connectivity index (χ3n) is 2.94. The second-order valence-corrected chi connectivity index (χ2v) is 4.20. The molecule has 2 aliphatic rings. The minimum Gasteiger partial charge on any atom is -0.353 e. The van der Waals surface area contributed by atoms with E-state index in [4.69, 9.17) is 9.47 Å². The van der Waals surface area contributed by atoms with Crippen molar-refractivity contribution in [2.75, 3.05) is 13.2 Å². The zero-order chi connectivity index (χ0) is 9.31. The fraction of sp³-hybridized carbons (Fsp3) is 0.818. The molecular weight excluding hydrogens is 164 g/mol. The fourth-order valence-electron chi connectivity index (χ4n) is 2.08. The van der Waals surface area contributed by atoms with E-state index in [-0.39, 0.29) is 6.29 Å². The van der Waals surface area contributed by atoms with Gasteiger partial charge in [0.25, 0.3) is 0 Å². The summed E-state index contributed by atoms with van der Waals surface area (Å²) in [6.07, 6.45) is 7.19. The van der Waals surface area contributed by atoms with Crippen molar-refractivity contribution < 1.29 is 9.47 Å². The Balaban J connectivity index is 1.54. The molecule has 0 bridgehead atoms. The first kappa shape index (κ1) is 9.22. The Labute approximate surface area is 79.9 Å². The highest BCUT2D eigenvalue weighted by molar-refractivity contribution is 5.30. The molecule has 0 heterocycles. The smallest absolute Gasteiger partial charge is 0.154 e. The summed E-state index contributed by atoms with van der Waals surface area (Å²) >= 11 is 0. The van der Waals surface area contributed by atoms with Crippen LogP contribution in [0.3, 0.4) is 0 Å². The maximum Gasteiger partial charge on any atom is 0.154 e. The van der Waals surface area contributed by atoms with Crippen LogP contribution in [0.25, 0.3) is 0 Å². The molecule has 0 aliphatic heterocycles. The monoisotopic (exact) mass is 182 g/mol. The van der Waals surface area contributed by atoms with Gasteiger partial charge in [0.2, 0.25) is 0 Å². The van der Waals surface area contributed by atoms with Crippen molar-refractivity contribution in [2.24, 2.45) is 11.3 Å². The van der Waals surface area contributed by atoms with Crippen LogP contribution in [0.2, 0.25) is 0 Å². The Morgan fingerprint density at radius 1 is 1.38 bits per heavy atom. The molecule has 2 nitrogen and oxygen atoms in total. The molecule has 1 spiro atoms. The predicted molar refractivity (Wildman–Crippen MR) is 51.3 cm³/mol. The SMILES string of the molecule is CCO[C@@H](C)OCC1CC2(C=C2)C1. The van der Waals surface area contributed by atoms with Crippen LogP contribution in [0.5, 0.6) is 0 Å². The molecule has 2 rings (SSSR count). The quantitative estimate of drug-likeness (QED) is 0.480. The third kappa shape index (κ3) is 2.12. The lowest BCUT2D eigenvalue weighted by Gasteiger charge is -2.36. The molecule has 2 aliphatic carbocycles. The van der Waals surface area contributed by atoms with Gasteiger partial charge >= 0.3 is 0 Å². The van der Waals surface area contributed by atoms with E-state index < -0.39 is 0 Å². The Morgan fingerprint density at radius 3 is 2.62 bits per heavy atom. The van der Waals surface area contributed by atoms with Crippen LogP contribution in [-0.2, 0) is 9.47 Å². The van der Waals surface area contributed by atoms with Crippen LogP contribution in [-0.4, -0.2) is 19.5 Å². The van der Waals surface area contributed by atoms with Crippen LogP contribution >= 0.6 is 0 Å². The minimum atomic E-state index is -0.0336. The van der Waals surface area contributed by atoms with E-state index in [0.29, 0.717) is 5.41 Å². The summed E-state index contributed by atoms with van der Waals surface area (Å²) in [5.41, 5.74) is 0.558. The van der Waals surface area contributed by atoms with Gasteiger partial charge in [0.15, 0.2) is 6.29 Å². The van der Waals surface area contributed by atoms with Gasteiger partial charge < -0.3 is 9.47 Å². The summed E-state index contributed by atoms with van der Waals surface area (Å²) in [5, 5.41) is 0. The Bertz CT molecular complexity index is 196. The summed E-state index contributed by atoms with van der Waals surface area (Å²) in [6, 6.07) is 0. The zero-order valence-corrected chi connectivity index (χ0v) is 8.45. The molecule has 1 fully saturated rings. The van der Waals surface area contributed by atoms with Crippen molar-refractivity contribution in [1.82, 2.24) is 0 Å². The van der Waals surface area contributed by atoms with Gasteiger partial charge in [-0.05, 0) is 32.6 Å². The molecule has 0 radical (unpaired) electrons. The van der Waals surface area contributed by atoms with Crippen molar-refractivity contribution in [2.45, 2.75) is 33.0 Å². The molecular formula is C11H18O2. The maximum atomic E-state index is 5.56. The van der Waals surface area contributed by atoms with Gasteiger partial charge in [-0.2, -0.15) is 0 Å². The number of rotatable bonds is 5. The third-order valence-corrected chi connectivity index (χ3v) is 2.94. The largest absolute Gasteiger partial charge is 0.353 e. The first-order chi connectivity index (χ1) is 6.24. The van der Waals surface area contributed by atoms with E-state index in [1.807, 2.05) is 13.8 Å². The lowest BCUT2D eigenvalue weighted by molar-refractivity contribution is -0.143. The Kier molecular flexibility index (Phi) is 2.43. The van der Waals surface area contributed by atoms with Crippen molar-refractivity contribution >= 4 is 0 Å². The van der Waals surface area contributed by atoms with Gasteiger partial charge in [-0.15, -0.1) is 0 Å². The summed E-state index contributed by atoms with van der Waals surface area (Å²) in [7, 11) is 0. The minimum absolute atomic E-state index is 0.0336. The van der Waals surface area contributed by atoms with E-state index in [1.54, 1.807) is 0 Å². The molecule has 0 N–H and O–H groups in total. The summed E-state index contributed by atoms with van der Waals surface area (Å²) in [6.45, 7) is 5.56. The topological polar surface area (TPSA) is 18.5 Å². The second kappa shape index (κ2) is 3.43. The molecule has 0 aromatic heterocycles. The van der Waals surface area contributed by atoms with Gasteiger partial charge in [0.1, 0.15) is 0 Å². The van der Waals surface area contributed by atoms with Crippen molar-refractivity contribution in [3.8, 4) is 0 Å². The molecule has 0 saturated heterocycles. The summed E-state index contributed by atoms with van der Waals surface area (Å²) in [5.74, 6) is 0.762. The normalized spacial score (nSPS) is 26.0. The van der Waals surface area contributed by atoms with Crippen LogP contribution in [0.15, 0.2) is 12.2 Å². The molecule has 13 heavy (non-hydrogen) atoms. The molecule has 1 atom stereocenters. The van der Waals surface area contributed by atoms with E-state index in [0.717, 1.165) is 19.1 Å². The van der Waals surface area contributed by atoms with Crippen molar-refractivity contribution in [1.29, 1.82) is 0 Å². The van der Waals surface area contributed by atoms with Gasteiger partial charge in [-0.3, -0.25) is 0 Å². The number of allylic oxidation sites excluding steroid dienone is 2. The molecule has 0 unspecified atom stereocenters. The van der Waals surface area contributed by atoms with E-state index in [9.17, 15) is 0 Å². The second-order valence-electron chi connectivity index (χ2n) is 4.20. The van der Waals surface area contributed by atoms with Crippen LogP contribution in [0, 0.1) is 11.3 Å². The molecule has 0 aromatic carbocycles. The van der Waals surface area contributed by atoms with E-state index >= 15 is 0 Å². The first-order valence-electron chi connectivity index (χ1n) is 5.18. The van der Waals surface area contributed by atoms with Crippen LogP contribution in [0.4, 0.5) is 0 Å². The van der Waals surface area contributed by atoms with Gasteiger partial charge in [0, 0.05) is 12.0 Å². The highest BCUT2D eigenvalue weighted by atomic mass is 16.7. The van der Waals surface area contributed by atoms with Crippen LogP contribution in [0.1, 0.15) is 26.7 Å². The fourth-order valence-corrected chi connectivity index (χ4v) is 2.08. The highest BCUT2D eigenvalue weighted by Crippen LogP contribution is 2.56. The van der Waals surface area contributed by atoms with Crippen molar-refractivity contribution in [3.63, 3.8) is 0 Å². The molecule has 0 amide bonds. The lowest BCUT2D eigenvalue weighted by atomic mass is 9.71. The Morgan fingerprint density at radius 2 is 2.08 bits per heavy atom. The maximum absolute atomic E-state index is 5.56. The number of hydrogen-bond acceptors (Lipinski definition) is 2. The molecule has 2 heteroatoms.